The van der Waals surface area contributed by atoms with Gasteiger partial charge >= 0.3 is 0 Å². The zero-order valence-corrected chi connectivity index (χ0v) is 38.7. The molecule has 2 atom stereocenters. The van der Waals surface area contributed by atoms with Crippen LogP contribution in [-0.4, -0.2) is 177 Å². The monoisotopic (exact) mass is 935 g/mol. The number of aliphatic hydroxyl groups is 2. The number of hydrogen-bond donors (Lipinski definition) is 6. The van der Waals surface area contributed by atoms with Crippen LogP contribution in [0.2, 0.25) is 0 Å². The Kier molecular flexibility index (Phi) is 41.1. The quantitative estimate of drug-likeness (QED) is 0.0286. The van der Waals surface area contributed by atoms with E-state index in [9.17, 15) is 28.8 Å². The van der Waals surface area contributed by atoms with Crippen molar-refractivity contribution in [2.45, 2.75) is 78.1 Å². The van der Waals surface area contributed by atoms with E-state index in [1.807, 2.05) is 0 Å². The lowest BCUT2D eigenvalue weighted by atomic mass is 9.95. The molecule has 0 bridgehead atoms. The van der Waals surface area contributed by atoms with Gasteiger partial charge in [0.25, 0.3) is 0 Å². The van der Waals surface area contributed by atoms with Crippen LogP contribution in [0.5, 0.6) is 0 Å². The summed E-state index contributed by atoms with van der Waals surface area (Å²) in [6.45, 7) is 11.7. The molecule has 21 heteroatoms. The molecular weight excluding hydrogens is 856 g/mol. The molecule has 0 radical (unpaired) electrons. The number of primary amides is 2. The molecule has 0 spiro atoms. The number of amides is 4. The topological polar surface area (TPSA) is 302 Å². The van der Waals surface area contributed by atoms with Gasteiger partial charge in [0.1, 0.15) is 11.6 Å². The lowest BCUT2D eigenvalue weighted by molar-refractivity contribution is -0.124. The number of Topliss-reactive ketones (excluding diaryl/α,β-unsaturated/α-hetero) is 2. The maximum atomic E-state index is 12.1. The van der Waals surface area contributed by atoms with Crippen molar-refractivity contribution in [1.82, 2.24) is 10.6 Å². The zero-order valence-electron chi connectivity index (χ0n) is 38.7. The minimum absolute atomic E-state index is 0.110. The van der Waals surface area contributed by atoms with Crippen molar-refractivity contribution in [3.8, 4) is 0 Å². The molecule has 0 fully saturated rings. The number of nitrogens with two attached hydrogens (primary N) is 2. The highest BCUT2D eigenvalue weighted by Crippen LogP contribution is 2.15. The van der Waals surface area contributed by atoms with Crippen LogP contribution < -0.4 is 22.1 Å². The Morgan fingerprint density at radius 1 is 0.431 bits per heavy atom. The Morgan fingerprint density at radius 3 is 0.908 bits per heavy atom. The van der Waals surface area contributed by atoms with E-state index in [4.69, 9.17) is 64.3 Å². The van der Waals surface area contributed by atoms with E-state index in [0.29, 0.717) is 157 Å². The summed E-state index contributed by atoms with van der Waals surface area (Å²) in [5.74, 6) is -2.78. The van der Waals surface area contributed by atoms with Crippen LogP contribution in [0.15, 0.2) is 23.7 Å². The van der Waals surface area contributed by atoms with Crippen LogP contribution in [0.4, 0.5) is 0 Å². The van der Waals surface area contributed by atoms with Gasteiger partial charge < -0.3 is 74.9 Å². The van der Waals surface area contributed by atoms with Gasteiger partial charge in [0.15, 0.2) is 0 Å². The third-order valence-corrected chi connectivity index (χ3v) is 9.47. The Morgan fingerprint density at radius 2 is 0.677 bits per heavy atom. The molecule has 0 aliphatic heterocycles. The molecular formula is C44H78N4O17. The van der Waals surface area contributed by atoms with E-state index in [-0.39, 0.29) is 85.3 Å². The fraction of sp³-hybridized carbons (Fsp3) is 0.773. The number of ether oxygens (including phenoxy) is 9. The fourth-order valence-corrected chi connectivity index (χ4v) is 5.41. The van der Waals surface area contributed by atoms with E-state index < -0.39 is 11.8 Å². The van der Waals surface area contributed by atoms with Gasteiger partial charge in [0.05, 0.1) is 143 Å². The van der Waals surface area contributed by atoms with Gasteiger partial charge in [-0.1, -0.05) is 26.7 Å². The molecule has 65 heavy (non-hydrogen) atoms. The summed E-state index contributed by atoms with van der Waals surface area (Å²) < 4.78 is 49.2. The summed E-state index contributed by atoms with van der Waals surface area (Å²) in [5.41, 5.74) is 10.00. The summed E-state index contributed by atoms with van der Waals surface area (Å²) in [4.78, 5) is 70.5. The minimum Gasteiger partial charge on any atom is -0.515 e. The Labute approximate surface area is 383 Å². The number of hydrogen-bond acceptors (Lipinski definition) is 17. The molecule has 8 N–H and O–H groups in total. The van der Waals surface area contributed by atoms with Gasteiger partial charge in [-0.25, -0.2) is 0 Å². The number of carbonyl (C=O) groups excluding carboxylic acids is 6. The number of nitrogens with one attached hydrogen (secondary N) is 2. The SMILES string of the molecule is CC(CCCCNC(=O)CCOCCOCCOCCOCCOCCOCCOCCOCCOCCC(=O)NCCCCC(C)C(=O)C/C(=C/O)C(N)=O)C(=O)C/C(=C/O)C(N)=O. The summed E-state index contributed by atoms with van der Waals surface area (Å²) in [6, 6.07) is 0. The van der Waals surface area contributed by atoms with E-state index >= 15 is 0 Å². The van der Waals surface area contributed by atoms with E-state index in [1.54, 1.807) is 13.8 Å². The molecule has 0 aliphatic carbocycles. The highest BCUT2D eigenvalue weighted by atomic mass is 16.6. The first-order valence-corrected chi connectivity index (χ1v) is 22.5. The van der Waals surface area contributed by atoms with Crippen molar-refractivity contribution < 1.29 is 81.6 Å². The van der Waals surface area contributed by atoms with Crippen molar-refractivity contribution in [1.29, 1.82) is 0 Å². The summed E-state index contributed by atoms with van der Waals surface area (Å²) in [6.07, 6.45) is 5.31. The molecule has 376 valence electrons. The van der Waals surface area contributed by atoms with Gasteiger partial charge in [-0.2, -0.15) is 0 Å². The average molecular weight is 935 g/mol. The van der Waals surface area contributed by atoms with Crippen LogP contribution in [0.3, 0.4) is 0 Å². The first-order chi connectivity index (χ1) is 31.4. The predicted molar refractivity (Wildman–Crippen MR) is 238 cm³/mol. The van der Waals surface area contributed by atoms with Crippen LogP contribution >= 0.6 is 0 Å². The summed E-state index contributed by atoms with van der Waals surface area (Å²) >= 11 is 0. The van der Waals surface area contributed by atoms with Gasteiger partial charge in [-0.05, 0) is 25.7 Å². The third kappa shape index (κ3) is 38.9. The normalized spacial score (nSPS) is 12.8. The summed E-state index contributed by atoms with van der Waals surface area (Å²) in [5, 5.41) is 23.6. The standard InChI is InChI=1S/C44H78N4O17/c1-35(39(51)31-37(33-49)43(45)55)7-3-5-11-47-41(53)9-13-57-15-17-59-19-21-61-23-25-63-27-29-65-30-28-64-26-24-62-22-20-60-18-16-58-14-10-42(54)48-12-6-4-8-36(2)40(52)32-38(34-50)44(46)56/h33-36,49-50H,3-32H2,1-2H3,(H2,45,55)(H2,46,56)(H,47,53)(H,48,54)/b37-33-,38-34-. The molecule has 0 aromatic rings. The molecule has 0 saturated heterocycles. The molecule has 21 nitrogen and oxygen atoms in total. The summed E-state index contributed by atoms with van der Waals surface area (Å²) in [7, 11) is 0. The maximum absolute atomic E-state index is 12.1. The third-order valence-electron chi connectivity index (χ3n) is 9.47. The predicted octanol–water partition coefficient (Wildman–Crippen LogP) is 1.53. The Balaban J connectivity index is 3.36. The molecule has 2 unspecified atom stereocenters. The molecule has 0 heterocycles. The maximum Gasteiger partial charge on any atom is 0.248 e. The van der Waals surface area contributed by atoms with Crippen molar-refractivity contribution in [2.75, 3.05) is 132 Å². The largest absolute Gasteiger partial charge is 0.515 e. The lowest BCUT2D eigenvalue weighted by Gasteiger charge is -2.11. The van der Waals surface area contributed by atoms with Crippen molar-refractivity contribution in [3.63, 3.8) is 0 Å². The molecule has 0 aromatic carbocycles. The van der Waals surface area contributed by atoms with E-state index in [1.165, 1.54) is 0 Å². The second kappa shape index (κ2) is 43.8. The first kappa shape index (κ1) is 60.9. The van der Waals surface area contributed by atoms with Crippen molar-refractivity contribution in [2.24, 2.45) is 23.3 Å². The number of unbranched alkanes of at least 4 members (excludes halogenated alkanes) is 2. The van der Waals surface area contributed by atoms with Crippen LogP contribution in [0, 0.1) is 11.8 Å². The number of carbonyl (C=O) groups is 6. The first-order valence-electron chi connectivity index (χ1n) is 22.5. The molecule has 4 amide bonds. The number of aliphatic hydroxyl groups excluding tert-OH is 2. The Hall–Kier alpha value is -4.06. The van der Waals surface area contributed by atoms with Gasteiger partial charge in [0, 0.05) is 50.6 Å². The van der Waals surface area contributed by atoms with E-state index in [2.05, 4.69) is 10.6 Å². The van der Waals surface area contributed by atoms with Crippen LogP contribution in [-0.2, 0) is 71.4 Å². The zero-order chi connectivity index (χ0) is 48.2. The molecule has 0 saturated carbocycles. The van der Waals surface area contributed by atoms with Crippen LogP contribution in [0.1, 0.15) is 78.1 Å². The minimum atomic E-state index is -0.817. The number of ketones is 2. The Bertz CT molecular complexity index is 1250. The van der Waals surface area contributed by atoms with Crippen LogP contribution in [0.25, 0.3) is 0 Å². The molecule has 0 aliphatic rings. The van der Waals surface area contributed by atoms with Gasteiger partial charge in [-0.15, -0.1) is 0 Å². The lowest BCUT2D eigenvalue weighted by Crippen LogP contribution is -2.26. The van der Waals surface area contributed by atoms with E-state index in [0.717, 1.165) is 12.8 Å². The highest BCUT2D eigenvalue weighted by Gasteiger charge is 2.18. The van der Waals surface area contributed by atoms with Gasteiger partial charge in [-0.3, -0.25) is 28.8 Å². The highest BCUT2D eigenvalue weighted by molar-refractivity contribution is 5.99. The molecule has 0 aromatic heterocycles. The molecule has 0 rings (SSSR count). The van der Waals surface area contributed by atoms with Crippen molar-refractivity contribution >= 4 is 35.2 Å². The average Bonchev–Trinajstić information content (AvgIpc) is 3.28. The van der Waals surface area contributed by atoms with Gasteiger partial charge in [0.2, 0.25) is 23.6 Å². The second-order valence-corrected chi connectivity index (χ2v) is 14.8. The smallest absolute Gasteiger partial charge is 0.248 e. The fourth-order valence-electron chi connectivity index (χ4n) is 5.41. The second-order valence-electron chi connectivity index (χ2n) is 14.8. The van der Waals surface area contributed by atoms with Crippen molar-refractivity contribution in [3.05, 3.63) is 23.7 Å². The number of rotatable bonds is 48.